The smallest absolute Gasteiger partial charge is 0.235 e. The van der Waals surface area contributed by atoms with Gasteiger partial charge in [0.2, 0.25) is 11.8 Å². The third-order valence-corrected chi connectivity index (χ3v) is 5.70. The van der Waals surface area contributed by atoms with Gasteiger partial charge in [0.05, 0.1) is 24.6 Å². The zero-order chi connectivity index (χ0) is 22.3. The van der Waals surface area contributed by atoms with E-state index in [9.17, 15) is 9.59 Å². The van der Waals surface area contributed by atoms with E-state index in [-0.39, 0.29) is 11.8 Å². The Balaban J connectivity index is 1.64. The lowest BCUT2D eigenvalue weighted by Gasteiger charge is -2.32. The predicted molar refractivity (Wildman–Crippen MR) is 127 cm³/mol. The first-order chi connectivity index (χ1) is 15.7. The molecule has 32 heavy (non-hydrogen) atoms. The highest BCUT2D eigenvalue weighted by atomic mass is 16.5. The minimum atomic E-state index is -0.479. The van der Waals surface area contributed by atoms with Crippen molar-refractivity contribution in [1.82, 2.24) is 0 Å². The van der Waals surface area contributed by atoms with E-state index in [1.165, 1.54) is 0 Å². The van der Waals surface area contributed by atoms with E-state index in [1.807, 2.05) is 84.9 Å². The van der Waals surface area contributed by atoms with Gasteiger partial charge in [-0.1, -0.05) is 60.7 Å². The van der Waals surface area contributed by atoms with Gasteiger partial charge in [-0.25, -0.2) is 0 Å². The average Bonchev–Trinajstić information content (AvgIpc) is 2.86. The van der Waals surface area contributed by atoms with Crippen molar-refractivity contribution in [2.75, 3.05) is 17.3 Å². The van der Waals surface area contributed by atoms with Crippen LogP contribution in [0.2, 0.25) is 0 Å². The van der Waals surface area contributed by atoms with Gasteiger partial charge in [0.25, 0.3) is 0 Å². The maximum absolute atomic E-state index is 13.9. The molecule has 0 aromatic heterocycles. The second-order valence-electron chi connectivity index (χ2n) is 7.69. The Morgan fingerprint density at radius 3 is 1.91 bits per heavy atom. The van der Waals surface area contributed by atoms with Crippen LogP contribution in [0.15, 0.2) is 97.1 Å². The van der Waals surface area contributed by atoms with Crippen molar-refractivity contribution >= 4 is 28.9 Å². The molecule has 0 spiro atoms. The van der Waals surface area contributed by atoms with Gasteiger partial charge in [0, 0.05) is 11.4 Å². The van der Waals surface area contributed by atoms with E-state index in [0.717, 1.165) is 11.4 Å². The Bertz CT molecular complexity index is 1060. The first kappa shape index (κ1) is 21.4. The summed E-state index contributed by atoms with van der Waals surface area (Å²) in [5.74, 6) is -0.641. The maximum Gasteiger partial charge on any atom is 0.235 e. The molecule has 0 bridgehead atoms. The molecule has 1 aliphatic rings. The standard InChI is InChI=1S/C27H26N2O3/c1-32-25-19-11-10-18-24(25)28-26(30)22-16-8-9-17-23(22)27(31)29(20-12-4-2-5-13-20)21-14-6-3-7-15-21/h2-15,18-19,22-23H,16-17H2,1H3,(H,28,30)/t22-,23+/m1/s1. The van der Waals surface area contributed by atoms with E-state index in [2.05, 4.69) is 5.32 Å². The van der Waals surface area contributed by atoms with Crippen molar-refractivity contribution in [3.8, 4) is 5.75 Å². The summed E-state index contributed by atoms with van der Waals surface area (Å²) in [5, 5.41) is 2.97. The molecule has 2 amide bonds. The van der Waals surface area contributed by atoms with Crippen molar-refractivity contribution in [2.24, 2.45) is 11.8 Å². The fourth-order valence-corrected chi connectivity index (χ4v) is 4.07. The topological polar surface area (TPSA) is 58.6 Å². The molecule has 0 saturated carbocycles. The number of ether oxygens (including phenoxy) is 1. The lowest BCUT2D eigenvalue weighted by Crippen LogP contribution is -2.41. The van der Waals surface area contributed by atoms with Crippen LogP contribution < -0.4 is 15.0 Å². The van der Waals surface area contributed by atoms with Gasteiger partial charge in [0.1, 0.15) is 5.75 Å². The Morgan fingerprint density at radius 1 is 0.781 bits per heavy atom. The zero-order valence-corrected chi connectivity index (χ0v) is 18.0. The summed E-state index contributed by atoms with van der Waals surface area (Å²) in [5.41, 5.74) is 2.16. The highest BCUT2D eigenvalue weighted by Gasteiger charge is 2.37. The summed E-state index contributed by atoms with van der Waals surface area (Å²) in [6.45, 7) is 0. The Morgan fingerprint density at radius 2 is 1.31 bits per heavy atom. The number of allylic oxidation sites excluding steroid dienone is 2. The number of para-hydroxylation sites is 4. The van der Waals surface area contributed by atoms with E-state index in [1.54, 1.807) is 24.1 Å². The molecule has 3 aromatic rings. The molecule has 162 valence electrons. The van der Waals surface area contributed by atoms with Crippen molar-refractivity contribution in [1.29, 1.82) is 0 Å². The van der Waals surface area contributed by atoms with Gasteiger partial charge in [-0.3, -0.25) is 14.5 Å². The van der Waals surface area contributed by atoms with Gasteiger partial charge >= 0.3 is 0 Å². The number of hydrogen-bond acceptors (Lipinski definition) is 3. The minimum absolute atomic E-state index is 0.0908. The highest BCUT2D eigenvalue weighted by molar-refractivity contribution is 6.05. The van der Waals surface area contributed by atoms with Crippen LogP contribution in [-0.4, -0.2) is 18.9 Å². The molecular formula is C27H26N2O3. The van der Waals surface area contributed by atoms with E-state index in [4.69, 9.17) is 4.74 Å². The number of carbonyl (C=O) groups is 2. The normalized spacial score (nSPS) is 17.4. The molecule has 2 atom stereocenters. The first-order valence-electron chi connectivity index (χ1n) is 10.7. The summed E-state index contributed by atoms with van der Waals surface area (Å²) in [7, 11) is 1.57. The summed E-state index contributed by atoms with van der Waals surface area (Å²) in [6, 6.07) is 26.4. The summed E-state index contributed by atoms with van der Waals surface area (Å²) in [4.78, 5) is 28.9. The Hall–Kier alpha value is -3.86. The molecule has 0 unspecified atom stereocenters. The van der Waals surface area contributed by atoms with Crippen LogP contribution >= 0.6 is 0 Å². The van der Waals surface area contributed by atoms with E-state index >= 15 is 0 Å². The molecule has 5 heteroatoms. The number of rotatable bonds is 6. The number of carbonyl (C=O) groups excluding carboxylic acids is 2. The third-order valence-electron chi connectivity index (χ3n) is 5.70. The van der Waals surface area contributed by atoms with Gasteiger partial charge < -0.3 is 10.1 Å². The molecular weight excluding hydrogens is 400 g/mol. The number of anilines is 3. The van der Waals surface area contributed by atoms with Gasteiger partial charge in [-0.2, -0.15) is 0 Å². The number of nitrogens with zero attached hydrogens (tertiary/aromatic N) is 1. The van der Waals surface area contributed by atoms with E-state index in [0.29, 0.717) is 24.3 Å². The van der Waals surface area contributed by atoms with Crippen LogP contribution in [-0.2, 0) is 9.59 Å². The quantitative estimate of drug-likeness (QED) is 0.524. The lowest BCUT2D eigenvalue weighted by atomic mass is 9.81. The SMILES string of the molecule is COc1ccccc1NC(=O)[C@@H]1CC=CC[C@@H]1C(=O)N(c1ccccc1)c1ccccc1. The number of methoxy groups -OCH3 is 1. The Kier molecular flexibility index (Phi) is 6.66. The molecule has 0 radical (unpaired) electrons. The second kappa shape index (κ2) is 9.96. The number of benzene rings is 3. The minimum Gasteiger partial charge on any atom is -0.495 e. The average molecular weight is 427 g/mol. The van der Waals surface area contributed by atoms with Crippen molar-refractivity contribution in [3.63, 3.8) is 0 Å². The Labute approximate surface area is 188 Å². The van der Waals surface area contributed by atoms with Crippen molar-refractivity contribution < 1.29 is 14.3 Å². The fraction of sp³-hybridized carbons (Fsp3) is 0.185. The summed E-state index contributed by atoms with van der Waals surface area (Å²) >= 11 is 0. The van der Waals surface area contributed by atoms with Crippen LogP contribution in [0.4, 0.5) is 17.1 Å². The largest absolute Gasteiger partial charge is 0.495 e. The van der Waals surface area contributed by atoms with Crippen molar-refractivity contribution in [2.45, 2.75) is 12.8 Å². The van der Waals surface area contributed by atoms with Crippen LogP contribution in [0, 0.1) is 11.8 Å². The van der Waals surface area contributed by atoms with Crippen LogP contribution in [0.3, 0.4) is 0 Å². The molecule has 5 nitrogen and oxygen atoms in total. The molecule has 0 saturated heterocycles. The first-order valence-corrected chi connectivity index (χ1v) is 10.7. The van der Waals surface area contributed by atoms with Crippen molar-refractivity contribution in [3.05, 3.63) is 97.1 Å². The number of nitrogens with one attached hydrogen (secondary N) is 1. The van der Waals surface area contributed by atoms with Crippen LogP contribution in [0.25, 0.3) is 0 Å². The van der Waals surface area contributed by atoms with Gasteiger partial charge in [0.15, 0.2) is 0 Å². The molecule has 0 aliphatic heterocycles. The maximum atomic E-state index is 13.9. The van der Waals surface area contributed by atoms with Crippen LogP contribution in [0.5, 0.6) is 5.75 Å². The second-order valence-corrected chi connectivity index (χ2v) is 7.69. The molecule has 1 aliphatic carbocycles. The fourth-order valence-electron chi connectivity index (χ4n) is 4.07. The molecule has 0 fully saturated rings. The van der Waals surface area contributed by atoms with E-state index < -0.39 is 11.8 Å². The highest BCUT2D eigenvalue weighted by Crippen LogP contribution is 2.35. The molecule has 4 rings (SSSR count). The van der Waals surface area contributed by atoms with Gasteiger partial charge in [-0.15, -0.1) is 0 Å². The van der Waals surface area contributed by atoms with Gasteiger partial charge in [-0.05, 0) is 49.2 Å². The zero-order valence-electron chi connectivity index (χ0n) is 18.0. The monoisotopic (exact) mass is 426 g/mol. The summed E-state index contributed by atoms with van der Waals surface area (Å²) < 4.78 is 5.36. The molecule has 1 N–H and O–H groups in total. The number of hydrogen-bond donors (Lipinski definition) is 1. The number of amides is 2. The molecule has 3 aromatic carbocycles. The lowest BCUT2D eigenvalue weighted by molar-refractivity contribution is -0.130. The summed E-state index contributed by atoms with van der Waals surface area (Å²) in [6.07, 6.45) is 4.99. The third kappa shape index (κ3) is 4.57. The van der Waals surface area contributed by atoms with Crippen LogP contribution in [0.1, 0.15) is 12.8 Å². The predicted octanol–water partition coefficient (Wildman–Crippen LogP) is 5.58. The molecule has 0 heterocycles.